The molecule has 0 aliphatic carbocycles. The number of carbonyl (C=O) groups is 3. The predicted octanol–water partition coefficient (Wildman–Crippen LogP) is -1.79. The highest BCUT2D eigenvalue weighted by molar-refractivity contribution is 6.44. The number of nitrogens with zero attached hydrogens (tertiary/aromatic N) is 1. The van der Waals surface area contributed by atoms with E-state index in [0.29, 0.717) is 18.3 Å². The lowest BCUT2D eigenvalue weighted by atomic mass is 9.78. The Hall–Kier alpha value is -2.83. The Kier molecular flexibility index (Phi) is 6.49. The van der Waals surface area contributed by atoms with Gasteiger partial charge in [0.2, 0.25) is 11.8 Å². The summed E-state index contributed by atoms with van der Waals surface area (Å²) in [6.45, 7) is 1.41. The average molecular weight is 421 g/mol. The fourth-order valence-electron chi connectivity index (χ4n) is 3.33. The van der Waals surface area contributed by atoms with Gasteiger partial charge in [0.25, 0.3) is 0 Å². The van der Waals surface area contributed by atoms with Crippen LogP contribution in [0.1, 0.15) is 22.8 Å². The van der Waals surface area contributed by atoms with E-state index in [2.05, 4.69) is 5.32 Å². The van der Waals surface area contributed by atoms with E-state index in [1.807, 2.05) is 0 Å². The lowest BCUT2D eigenvalue weighted by Crippen LogP contribution is -2.61. The van der Waals surface area contributed by atoms with Gasteiger partial charge < -0.3 is 40.6 Å². The Labute approximate surface area is 172 Å². The molecular weight excluding hydrogens is 397 g/mol. The highest BCUT2D eigenvalue weighted by Gasteiger charge is 2.37. The van der Waals surface area contributed by atoms with Gasteiger partial charge in [-0.1, -0.05) is 6.07 Å². The first-order chi connectivity index (χ1) is 14.2. The van der Waals surface area contributed by atoms with Crippen molar-refractivity contribution in [3.63, 3.8) is 0 Å². The maximum atomic E-state index is 12.4. The number of hydrogen-bond donors (Lipinski definition) is 5. The summed E-state index contributed by atoms with van der Waals surface area (Å²) in [5.41, 5.74) is 5.93. The van der Waals surface area contributed by atoms with Crippen LogP contribution in [0.4, 0.5) is 0 Å². The molecule has 0 saturated carbocycles. The molecule has 1 aromatic carbocycles. The molecule has 2 atom stereocenters. The molecule has 0 radical (unpaired) electrons. The van der Waals surface area contributed by atoms with Crippen molar-refractivity contribution in [3.05, 3.63) is 23.3 Å². The van der Waals surface area contributed by atoms with E-state index in [1.165, 1.54) is 11.8 Å². The number of likely N-dealkylation sites (tertiary alicyclic amines) is 1. The molecule has 30 heavy (non-hydrogen) atoms. The second-order valence-corrected chi connectivity index (χ2v) is 7.35. The number of benzene rings is 1. The molecule has 3 rings (SSSR count). The molecule has 2 aliphatic heterocycles. The zero-order valence-corrected chi connectivity index (χ0v) is 16.4. The molecule has 1 fully saturated rings. The van der Waals surface area contributed by atoms with Crippen molar-refractivity contribution in [1.29, 1.82) is 0 Å². The van der Waals surface area contributed by atoms with Gasteiger partial charge in [-0.2, -0.15) is 0 Å². The Balaban J connectivity index is 1.61. The second kappa shape index (κ2) is 8.90. The third kappa shape index (κ3) is 4.50. The molecule has 1 aromatic rings. The number of nitrogens with one attached hydrogen (secondary N) is 1. The van der Waals surface area contributed by atoms with Crippen molar-refractivity contribution >= 4 is 24.9 Å². The molecule has 11 nitrogen and oxygen atoms in total. The SMILES string of the molecule is CC(NC(=O)C(N)CO)C(=O)N1CC(Oc2ccc3c(c2C(=O)O)OB(O)CC3)C1. The van der Waals surface area contributed by atoms with Crippen molar-refractivity contribution in [2.24, 2.45) is 5.73 Å². The molecule has 6 N–H and O–H groups in total. The maximum absolute atomic E-state index is 12.4. The van der Waals surface area contributed by atoms with Gasteiger partial charge in [-0.3, -0.25) is 9.59 Å². The molecule has 2 unspecified atom stereocenters. The third-order valence-corrected chi connectivity index (χ3v) is 5.05. The number of aliphatic hydroxyl groups is 1. The van der Waals surface area contributed by atoms with Crippen molar-refractivity contribution in [2.75, 3.05) is 19.7 Å². The summed E-state index contributed by atoms with van der Waals surface area (Å²) >= 11 is 0. The monoisotopic (exact) mass is 421 g/mol. The topological polar surface area (TPSA) is 172 Å². The van der Waals surface area contributed by atoms with E-state index in [1.54, 1.807) is 12.1 Å². The van der Waals surface area contributed by atoms with Crippen LogP contribution in [0.15, 0.2) is 12.1 Å². The molecular formula is C18H24BN3O8. The highest BCUT2D eigenvalue weighted by Crippen LogP contribution is 2.37. The molecule has 0 spiro atoms. The van der Waals surface area contributed by atoms with Crippen LogP contribution in [-0.2, 0) is 16.0 Å². The number of ether oxygens (including phenoxy) is 1. The minimum absolute atomic E-state index is 0.0996. The van der Waals surface area contributed by atoms with Crippen LogP contribution in [0.5, 0.6) is 11.5 Å². The van der Waals surface area contributed by atoms with Crippen molar-refractivity contribution in [2.45, 2.75) is 37.9 Å². The van der Waals surface area contributed by atoms with Gasteiger partial charge >= 0.3 is 13.1 Å². The minimum atomic E-state index is -1.24. The second-order valence-electron chi connectivity index (χ2n) is 7.35. The smallest absolute Gasteiger partial charge is 0.522 e. The fourth-order valence-corrected chi connectivity index (χ4v) is 3.33. The number of fused-ring (bicyclic) bond motifs is 1. The van der Waals surface area contributed by atoms with Crippen molar-refractivity contribution < 1.29 is 39.0 Å². The number of aromatic carboxylic acids is 1. The van der Waals surface area contributed by atoms with E-state index in [0.717, 1.165) is 0 Å². The predicted molar refractivity (Wildman–Crippen MR) is 104 cm³/mol. The minimum Gasteiger partial charge on any atom is -0.535 e. The summed E-state index contributed by atoms with van der Waals surface area (Å²) in [4.78, 5) is 37.3. The summed E-state index contributed by atoms with van der Waals surface area (Å²) in [5.74, 6) is -2.01. The van der Waals surface area contributed by atoms with Crippen LogP contribution in [0.2, 0.25) is 6.32 Å². The summed E-state index contributed by atoms with van der Waals surface area (Å²) < 4.78 is 11.1. The number of amides is 2. The molecule has 12 heteroatoms. The van der Waals surface area contributed by atoms with E-state index < -0.39 is 43.8 Å². The van der Waals surface area contributed by atoms with Crippen LogP contribution in [0.25, 0.3) is 0 Å². The van der Waals surface area contributed by atoms with Gasteiger partial charge in [-0.15, -0.1) is 0 Å². The first kappa shape index (κ1) is 21.9. The number of carbonyl (C=O) groups excluding carboxylic acids is 2. The zero-order chi connectivity index (χ0) is 22.0. The molecule has 162 valence electrons. The van der Waals surface area contributed by atoms with Crippen LogP contribution in [0, 0.1) is 0 Å². The lowest BCUT2D eigenvalue weighted by Gasteiger charge is -2.40. The number of nitrogens with two attached hydrogens (primary N) is 1. The van der Waals surface area contributed by atoms with Crippen molar-refractivity contribution in [3.8, 4) is 11.5 Å². The first-order valence-corrected chi connectivity index (χ1v) is 9.57. The average Bonchev–Trinajstić information content (AvgIpc) is 2.68. The van der Waals surface area contributed by atoms with Gasteiger partial charge in [0, 0.05) is 0 Å². The number of aryl methyl sites for hydroxylation is 1. The Morgan fingerprint density at radius 2 is 2.10 bits per heavy atom. The quantitative estimate of drug-likeness (QED) is 0.319. The maximum Gasteiger partial charge on any atom is 0.522 e. The standard InChI is InChI=1S/C18H24BN3O8/c1-9(21-16(24)12(20)8-23)17(25)22-6-11(7-22)29-13-3-2-10-4-5-19(28)30-15(10)14(13)18(26)27/h2-3,9,11-12,23,28H,4-8,20H2,1H3,(H,21,24)(H,26,27). The van der Waals surface area contributed by atoms with Gasteiger partial charge in [-0.05, 0) is 31.3 Å². The van der Waals surface area contributed by atoms with E-state index in [4.69, 9.17) is 20.2 Å². The number of carboxylic acid groups (broad SMARTS) is 1. The number of rotatable bonds is 7. The van der Waals surface area contributed by atoms with Crippen LogP contribution >= 0.6 is 0 Å². The summed E-state index contributed by atoms with van der Waals surface area (Å²) in [6, 6.07) is 1.32. The number of carboxylic acids is 1. The molecule has 2 amide bonds. The van der Waals surface area contributed by atoms with Gasteiger partial charge in [0.05, 0.1) is 19.7 Å². The molecule has 2 aliphatic rings. The normalized spacial score (nSPS) is 17.9. The Morgan fingerprint density at radius 1 is 1.40 bits per heavy atom. The summed E-state index contributed by atoms with van der Waals surface area (Å²) in [5, 5.41) is 30.6. The van der Waals surface area contributed by atoms with E-state index >= 15 is 0 Å². The number of hydrogen-bond acceptors (Lipinski definition) is 8. The van der Waals surface area contributed by atoms with Crippen molar-refractivity contribution in [1.82, 2.24) is 10.2 Å². The zero-order valence-electron chi connectivity index (χ0n) is 16.4. The first-order valence-electron chi connectivity index (χ1n) is 9.57. The molecule has 0 bridgehead atoms. The third-order valence-electron chi connectivity index (χ3n) is 5.05. The summed E-state index contributed by atoms with van der Waals surface area (Å²) in [6.07, 6.45) is 0.442. The van der Waals surface area contributed by atoms with Gasteiger partial charge in [-0.25, -0.2) is 4.79 Å². The Morgan fingerprint density at radius 3 is 2.73 bits per heavy atom. The van der Waals surface area contributed by atoms with Crippen LogP contribution in [0.3, 0.4) is 0 Å². The van der Waals surface area contributed by atoms with Gasteiger partial charge in [0.15, 0.2) is 0 Å². The lowest BCUT2D eigenvalue weighted by molar-refractivity contribution is -0.144. The molecule has 1 saturated heterocycles. The Bertz CT molecular complexity index is 845. The van der Waals surface area contributed by atoms with Gasteiger partial charge in [0.1, 0.15) is 35.3 Å². The van der Waals surface area contributed by atoms with Crippen LogP contribution < -0.4 is 20.4 Å². The highest BCUT2D eigenvalue weighted by atomic mass is 16.5. The summed E-state index contributed by atoms with van der Waals surface area (Å²) in [7, 11) is -1.07. The van der Waals surface area contributed by atoms with Crippen LogP contribution in [-0.4, -0.2) is 82.9 Å². The molecule has 0 aromatic heterocycles. The molecule has 2 heterocycles. The van der Waals surface area contributed by atoms with E-state index in [-0.39, 0.29) is 36.1 Å². The largest absolute Gasteiger partial charge is 0.535 e. The fraction of sp³-hybridized carbons (Fsp3) is 0.500. The number of aliphatic hydroxyl groups excluding tert-OH is 1. The van der Waals surface area contributed by atoms with E-state index in [9.17, 15) is 24.5 Å².